The van der Waals surface area contributed by atoms with Gasteiger partial charge in [-0.2, -0.15) is 0 Å². The minimum Gasteiger partial charge on any atom is -0.480 e. The van der Waals surface area contributed by atoms with Gasteiger partial charge in [-0.25, -0.2) is 0 Å². The SMILES string of the molecule is Cc1cc2c(c3c1NC(=NO)CC3)OC(C(N)=O)C2. The normalized spacial score (nSPS) is 22.4. The van der Waals surface area contributed by atoms with Gasteiger partial charge in [0.2, 0.25) is 0 Å². The van der Waals surface area contributed by atoms with Crippen molar-refractivity contribution in [2.45, 2.75) is 32.3 Å². The average molecular weight is 261 g/mol. The third-order valence-corrected chi connectivity index (χ3v) is 3.64. The fraction of sp³-hybridized carbons (Fsp3) is 0.385. The van der Waals surface area contributed by atoms with Gasteiger partial charge in [0.25, 0.3) is 5.91 Å². The van der Waals surface area contributed by atoms with E-state index in [0.717, 1.165) is 34.5 Å². The molecule has 0 radical (unpaired) electrons. The third-order valence-electron chi connectivity index (χ3n) is 3.64. The van der Waals surface area contributed by atoms with Crippen molar-refractivity contribution in [3.63, 3.8) is 0 Å². The smallest absolute Gasteiger partial charge is 0.258 e. The monoisotopic (exact) mass is 261 g/mol. The van der Waals surface area contributed by atoms with E-state index in [0.29, 0.717) is 18.7 Å². The lowest BCUT2D eigenvalue weighted by molar-refractivity contribution is -0.123. The molecule has 2 heterocycles. The van der Waals surface area contributed by atoms with Crippen LogP contribution in [0.3, 0.4) is 0 Å². The molecule has 0 saturated heterocycles. The molecule has 100 valence electrons. The number of nitrogens with zero attached hydrogens (tertiary/aromatic N) is 1. The van der Waals surface area contributed by atoms with E-state index in [9.17, 15) is 4.79 Å². The molecule has 0 bridgehead atoms. The average Bonchev–Trinajstić information content (AvgIpc) is 2.82. The first-order valence-electron chi connectivity index (χ1n) is 6.19. The number of primary amides is 1. The summed E-state index contributed by atoms with van der Waals surface area (Å²) in [6.07, 6.45) is 1.29. The summed E-state index contributed by atoms with van der Waals surface area (Å²) in [5.41, 5.74) is 9.31. The number of amidine groups is 1. The van der Waals surface area contributed by atoms with E-state index in [1.54, 1.807) is 0 Å². The molecule has 0 spiro atoms. The number of hydrogen-bond acceptors (Lipinski definition) is 4. The van der Waals surface area contributed by atoms with Crippen molar-refractivity contribution in [2.75, 3.05) is 5.32 Å². The molecule has 0 fully saturated rings. The summed E-state index contributed by atoms with van der Waals surface area (Å²) < 4.78 is 5.67. The molecule has 6 heteroatoms. The van der Waals surface area contributed by atoms with Crippen LogP contribution in [0.15, 0.2) is 11.2 Å². The highest BCUT2D eigenvalue weighted by Crippen LogP contribution is 2.41. The van der Waals surface area contributed by atoms with Crippen LogP contribution in [0.2, 0.25) is 0 Å². The van der Waals surface area contributed by atoms with Gasteiger partial charge in [0.15, 0.2) is 6.10 Å². The number of benzene rings is 1. The van der Waals surface area contributed by atoms with Crippen molar-refractivity contribution in [3.05, 3.63) is 22.8 Å². The highest BCUT2D eigenvalue weighted by molar-refractivity contribution is 5.99. The summed E-state index contributed by atoms with van der Waals surface area (Å²) in [6.45, 7) is 1.98. The van der Waals surface area contributed by atoms with Crippen molar-refractivity contribution < 1.29 is 14.7 Å². The second-order valence-electron chi connectivity index (χ2n) is 4.92. The van der Waals surface area contributed by atoms with Crippen LogP contribution in [0.5, 0.6) is 5.75 Å². The molecule has 2 aliphatic rings. The molecule has 1 amide bonds. The maximum Gasteiger partial charge on any atom is 0.258 e. The number of nitrogens with one attached hydrogen (secondary N) is 1. The van der Waals surface area contributed by atoms with Crippen LogP contribution < -0.4 is 15.8 Å². The summed E-state index contributed by atoms with van der Waals surface area (Å²) in [5, 5.41) is 15.2. The van der Waals surface area contributed by atoms with Gasteiger partial charge in [0, 0.05) is 24.1 Å². The zero-order chi connectivity index (χ0) is 13.6. The Hall–Kier alpha value is -2.24. The van der Waals surface area contributed by atoms with Gasteiger partial charge in [-0.3, -0.25) is 4.79 Å². The Morgan fingerprint density at radius 3 is 3.05 bits per heavy atom. The summed E-state index contributed by atoms with van der Waals surface area (Å²) in [7, 11) is 0. The number of carbonyl (C=O) groups is 1. The Kier molecular flexibility index (Phi) is 2.58. The van der Waals surface area contributed by atoms with Gasteiger partial charge < -0.3 is 21.0 Å². The maximum atomic E-state index is 11.3. The summed E-state index contributed by atoms with van der Waals surface area (Å²) >= 11 is 0. The van der Waals surface area contributed by atoms with E-state index < -0.39 is 12.0 Å². The van der Waals surface area contributed by atoms with E-state index in [1.165, 1.54) is 0 Å². The second-order valence-corrected chi connectivity index (χ2v) is 4.92. The highest BCUT2D eigenvalue weighted by atomic mass is 16.5. The molecule has 1 atom stereocenters. The molecule has 4 N–H and O–H groups in total. The highest BCUT2D eigenvalue weighted by Gasteiger charge is 2.32. The third kappa shape index (κ3) is 1.80. The van der Waals surface area contributed by atoms with Crippen LogP contribution in [0.1, 0.15) is 23.1 Å². The number of oxime groups is 1. The van der Waals surface area contributed by atoms with E-state index in [-0.39, 0.29) is 0 Å². The number of ether oxygens (including phenoxy) is 1. The number of hydrogen-bond donors (Lipinski definition) is 3. The Balaban J connectivity index is 2.05. The van der Waals surface area contributed by atoms with Gasteiger partial charge in [-0.1, -0.05) is 11.2 Å². The van der Waals surface area contributed by atoms with Gasteiger partial charge in [-0.15, -0.1) is 0 Å². The molecule has 6 nitrogen and oxygen atoms in total. The molecule has 19 heavy (non-hydrogen) atoms. The quantitative estimate of drug-likeness (QED) is 0.517. The molecular weight excluding hydrogens is 246 g/mol. The van der Waals surface area contributed by atoms with Crippen LogP contribution in [-0.2, 0) is 17.6 Å². The van der Waals surface area contributed by atoms with Crippen molar-refractivity contribution in [1.82, 2.24) is 0 Å². The largest absolute Gasteiger partial charge is 0.480 e. The maximum absolute atomic E-state index is 11.3. The molecule has 0 saturated carbocycles. The van der Waals surface area contributed by atoms with Crippen LogP contribution in [0, 0.1) is 6.92 Å². The first-order chi connectivity index (χ1) is 9.10. The van der Waals surface area contributed by atoms with E-state index >= 15 is 0 Å². The number of anilines is 1. The minimum atomic E-state index is -0.575. The topological polar surface area (TPSA) is 96.9 Å². The molecule has 1 aromatic carbocycles. The molecule has 0 aliphatic carbocycles. The fourth-order valence-electron chi connectivity index (χ4n) is 2.72. The van der Waals surface area contributed by atoms with Crippen molar-refractivity contribution in [1.29, 1.82) is 0 Å². The first kappa shape index (κ1) is 11.8. The number of carbonyl (C=O) groups excluding carboxylic acids is 1. The van der Waals surface area contributed by atoms with Crippen LogP contribution >= 0.6 is 0 Å². The minimum absolute atomic E-state index is 0.441. The lowest BCUT2D eigenvalue weighted by atomic mass is 9.94. The van der Waals surface area contributed by atoms with E-state index in [1.807, 2.05) is 13.0 Å². The first-order valence-corrected chi connectivity index (χ1v) is 6.19. The van der Waals surface area contributed by atoms with Gasteiger partial charge in [0.05, 0.1) is 0 Å². The van der Waals surface area contributed by atoms with E-state index in [2.05, 4.69) is 10.5 Å². The Morgan fingerprint density at radius 1 is 1.58 bits per heavy atom. The summed E-state index contributed by atoms with van der Waals surface area (Å²) in [4.78, 5) is 11.3. The number of aryl methyl sites for hydroxylation is 1. The Morgan fingerprint density at radius 2 is 2.37 bits per heavy atom. The number of amides is 1. The number of nitrogens with two attached hydrogens (primary N) is 1. The predicted molar refractivity (Wildman–Crippen MR) is 69.7 cm³/mol. The molecule has 2 aliphatic heterocycles. The number of rotatable bonds is 1. The van der Waals surface area contributed by atoms with Crippen LogP contribution in [0.25, 0.3) is 0 Å². The molecule has 3 rings (SSSR count). The lowest BCUT2D eigenvalue weighted by Crippen LogP contribution is -2.32. The van der Waals surface area contributed by atoms with Crippen molar-refractivity contribution in [2.24, 2.45) is 10.9 Å². The van der Waals surface area contributed by atoms with Gasteiger partial charge >= 0.3 is 0 Å². The van der Waals surface area contributed by atoms with Gasteiger partial charge in [0.1, 0.15) is 11.6 Å². The number of fused-ring (bicyclic) bond motifs is 3. The predicted octanol–water partition coefficient (Wildman–Crippen LogP) is 0.930. The molecule has 1 aromatic rings. The Bertz CT molecular complexity index is 595. The molecular formula is C13H15N3O3. The van der Waals surface area contributed by atoms with Crippen molar-refractivity contribution in [3.8, 4) is 5.75 Å². The molecule has 0 aromatic heterocycles. The fourth-order valence-corrected chi connectivity index (χ4v) is 2.72. The molecule has 1 unspecified atom stereocenters. The standard InChI is InChI=1S/C13H15N3O3/c1-6-4-7-5-9(13(14)17)19-12(7)8-2-3-10(16-18)15-11(6)8/h4,9,18H,2-3,5H2,1H3,(H2,14,17)(H,15,16). The van der Waals surface area contributed by atoms with E-state index in [4.69, 9.17) is 15.7 Å². The van der Waals surface area contributed by atoms with Crippen LogP contribution in [-0.4, -0.2) is 23.1 Å². The van der Waals surface area contributed by atoms with Gasteiger partial charge in [-0.05, 0) is 24.5 Å². The van der Waals surface area contributed by atoms with Crippen LogP contribution in [0.4, 0.5) is 5.69 Å². The summed E-state index contributed by atoms with van der Waals surface area (Å²) in [5.74, 6) is 0.859. The second kappa shape index (κ2) is 4.15. The van der Waals surface area contributed by atoms with Crippen molar-refractivity contribution >= 4 is 17.4 Å². The zero-order valence-corrected chi connectivity index (χ0v) is 10.6. The Labute approximate surface area is 110 Å². The lowest BCUT2D eigenvalue weighted by Gasteiger charge is -2.23. The zero-order valence-electron chi connectivity index (χ0n) is 10.6. The summed E-state index contributed by atoms with van der Waals surface area (Å²) in [6, 6.07) is 1.99.